The lowest BCUT2D eigenvalue weighted by molar-refractivity contribution is -0.120. The minimum absolute atomic E-state index is 0.0215. The third-order valence-electron chi connectivity index (χ3n) is 22.3. The number of ether oxygens (including phenoxy) is 4. The number of carbonyl (C=O) groups excluding carboxylic acids is 4. The van der Waals surface area contributed by atoms with E-state index in [9.17, 15) is 19.2 Å². The molecule has 7 aliphatic rings. The molecule has 12 rings (SSSR count). The quantitative estimate of drug-likeness (QED) is 0.0469. The molecular weight excluding hydrogens is 1260 g/mol. The zero-order valence-corrected chi connectivity index (χ0v) is 59.6. The highest BCUT2D eigenvalue weighted by atomic mass is 35.5. The molecule has 5 aliphatic heterocycles. The second-order valence-electron chi connectivity index (χ2n) is 30.6. The summed E-state index contributed by atoms with van der Waals surface area (Å²) in [6, 6.07) is 10.9. The molecule has 516 valence electrons. The summed E-state index contributed by atoms with van der Waals surface area (Å²) < 4.78 is 58.9. The first kappa shape index (κ1) is 69.2. The molecular formula is C74H97ClF2N10O8Si. The van der Waals surface area contributed by atoms with Gasteiger partial charge in [0, 0.05) is 107 Å². The first-order valence-corrected chi connectivity index (χ1v) is 37.8. The van der Waals surface area contributed by atoms with E-state index in [1.807, 2.05) is 30.6 Å². The summed E-state index contributed by atoms with van der Waals surface area (Å²) in [6.45, 7) is 27.7. The van der Waals surface area contributed by atoms with E-state index in [4.69, 9.17) is 45.5 Å². The number of carbonyl (C=O) groups is 4. The molecule has 22 heteroatoms. The van der Waals surface area contributed by atoms with Crippen molar-refractivity contribution in [1.82, 2.24) is 39.9 Å². The highest BCUT2D eigenvalue weighted by molar-refractivity contribution is 6.90. The first-order chi connectivity index (χ1) is 45.9. The SMILES string of the molecule is COCOc1cc(-c2ncc3c(N4CC5CCC(C4)N5C(=O)OC(C)(C)C)nc(OCC4(CN5CCN(CCCC6CCC7(CC6)CCN(C(=O)c6ccc(Cl)c(N8CCC(=O)NC8=O)c6)CC7)CC5)CC4)nc3c2F)c2c(C#C[Si](C(C)C)(C(C)C)C(C)C)c(F)ccc2c1. The van der Waals surface area contributed by atoms with E-state index < -0.39 is 31.3 Å². The second kappa shape index (κ2) is 28.3. The number of hydrogen-bond donors (Lipinski definition) is 1. The van der Waals surface area contributed by atoms with Gasteiger partial charge in [-0.05, 0) is 174 Å². The molecule has 2 unspecified atom stereocenters. The molecule has 2 aliphatic carbocycles. The van der Waals surface area contributed by atoms with Crippen molar-refractivity contribution in [2.75, 3.05) is 102 Å². The predicted octanol–water partition coefficient (Wildman–Crippen LogP) is 14.0. The monoisotopic (exact) mass is 1350 g/mol. The first-order valence-electron chi connectivity index (χ1n) is 35.2. The van der Waals surface area contributed by atoms with Crippen molar-refractivity contribution >= 4 is 76.8 Å². The predicted molar refractivity (Wildman–Crippen MR) is 373 cm³/mol. The van der Waals surface area contributed by atoms with Crippen LogP contribution in [0, 0.1) is 39.8 Å². The van der Waals surface area contributed by atoms with Crippen molar-refractivity contribution < 1.29 is 46.9 Å². The van der Waals surface area contributed by atoms with Gasteiger partial charge in [0.1, 0.15) is 42.3 Å². The van der Waals surface area contributed by atoms with Gasteiger partial charge in [0.2, 0.25) is 5.91 Å². The van der Waals surface area contributed by atoms with Crippen molar-refractivity contribution in [3.05, 3.63) is 76.4 Å². The number of amides is 5. The van der Waals surface area contributed by atoms with Crippen LogP contribution in [0.3, 0.4) is 0 Å². The number of anilines is 2. The van der Waals surface area contributed by atoms with Crippen LogP contribution in [-0.4, -0.2) is 177 Å². The molecule has 3 aromatic carbocycles. The van der Waals surface area contributed by atoms with E-state index in [2.05, 4.69) is 73.0 Å². The van der Waals surface area contributed by atoms with E-state index in [1.54, 1.807) is 42.6 Å². The Bertz CT molecular complexity index is 3770. The summed E-state index contributed by atoms with van der Waals surface area (Å²) >= 11 is 6.49. The van der Waals surface area contributed by atoms with Gasteiger partial charge in [0.05, 0.1) is 40.4 Å². The van der Waals surface area contributed by atoms with Crippen LogP contribution in [0.2, 0.25) is 21.6 Å². The van der Waals surface area contributed by atoms with Crippen molar-refractivity contribution in [3.8, 4) is 34.5 Å². The van der Waals surface area contributed by atoms with Gasteiger partial charge in [0.15, 0.2) is 12.6 Å². The number of imide groups is 1. The van der Waals surface area contributed by atoms with Gasteiger partial charge >= 0.3 is 18.1 Å². The molecule has 2 atom stereocenters. The third kappa shape index (κ3) is 14.6. The van der Waals surface area contributed by atoms with Gasteiger partial charge in [-0.25, -0.2) is 18.4 Å². The van der Waals surface area contributed by atoms with Gasteiger partial charge in [-0.15, -0.1) is 5.54 Å². The Morgan fingerprint density at radius 1 is 0.823 bits per heavy atom. The molecule has 18 nitrogen and oxygen atoms in total. The normalized spacial score (nSPS) is 21.0. The van der Waals surface area contributed by atoms with Crippen LogP contribution in [-0.2, 0) is 14.3 Å². The summed E-state index contributed by atoms with van der Waals surface area (Å²) in [5.74, 6) is 3.38. The Morgan fingerprint density at radius 3 is 2.16 bits per heavy atom. The number of aromatic nitrogens is 3. The Labute approximate surface area is 570 Å². The number of pyridine rings is 1. The number of nitrogens with zero attached hydrogens (tertiary/aromatic N) is 9. The molecule has 5 aromatic rings. The maximum absolute atomic E-state index is 18.3. The lowest BCUT2D eigenvalue weighted by atomic mass is 9.65. The van der Waals surface area contributed by atoms with Gasteiger partial charge in [0.25, 0.3) is 5.91 Å². The fourth-order valence-electron chi connectivity index (χ4n) is 16.8. The highest BCUT2D eigenvalue weighted by Gasteiger charge is 2.48. The fourth-order valence-corrected chi connectivity index (χ4v) is 22.3. The van der Waals surface area contributed by atoms with Crippen LogP contribution >= 0.6 is 11.6 Å². The highest BCUT2D eigenvalue weighted by Crippen LogP contribution is 2.50. The number of rotatable bonds is 19. The van der Waals surface area contributed by atoms with Crippen LogP contribution in [0.5, 0.6) is 11.8 Å². The number of urea groups is 1. The number of nitrogens with one attached hydrogen (secondary N) is 1. The van der Waals surface area contributed by atoms with Gasteiger partial charge in [-0.1, -0.05) is 65.1 Å². The zero-order valence-electron chi connectivity index (χ0n) is 57.9. The lowest BCUT2D eigenvalue weighted by Crippen LogP contribution is -2.57. The molecule has 7 heterocycles. The maximum Gasteiger partial charge on any atom is 0.410 e. The van der Waals surface area contributed by atoms with Gasteiger partial charge in [-0.2, -0.15) is 9.97 Å². The molecule has 0 radical (unpaired) electrons. The van der Waals surface area contributed by atoms with Gasteiger partial charge < -0.3 is 38.5 Å². The fraction of sp³-hybridized carbons (Fsp3) is 0.608. The van der Waals surface area contributed by atoms with E-state index in [0.29, 0.717) is 99.0 Å². The molecule has 1 N–H and O–H groups in total. The third-order valence-corrected chi connectivity index (χ3v) is 28.9. The van der Waals surface area contributed by atoms with Gasteiger partial charge in [-0.3, -0.25) is 29.7 Å². The molecule has 2 saturated carbocycles. The largest absolute Gasteiger partial charge is 0.468 e. The standard InChI is InChI=1S/C74H97ClF2N10O8Si/c1-47(2)96(48(3)4,49(5)6)37-22-56-60(76)18-14-51-38-55(94-46-92-10)40-57(63(51)56)65-64(77)66-58(41-78-65)67(85-42-53-15-16-54(43-85)87(53)71(91)95-72(7,8)9)81-69(80-66)93-45-74(25-26-74)44-83-35-33-82(34-36-83)29-11-12-50-19-23-73(24-20-50)27-31-84(32-28-73)68(89)52-13-17-59(75)61(39-52)86-30-21-62(88)79-70(86)90/h13-14,17-18,38-41,47-50,53-54H,11-12,15-16,19-21,23-36,42-46H2,1-10H3,(H,79,88,90). The number of halogens is 3. The van der Waals surface area contributed by atoms with E-state index >= 15 is 8.78 Å². The Balaban J connectivity index is 0.706. The number of benzene rings is 3. The van der Waals surface area contributed by atoms with Crippen LogP contribution in [0.1, 0.15) is 162 Å². The molecule has 5 amide bonds. The molecule has 7 fully saturated rings. The van der Waals surface area contributed by atoms with Crippen molar-refractivity contribution in [2.24, 2.45) is 16.7 Å². The summed E-state index contributed by atoms with van der Waals surface area (Å²) in [5.41, 5.74) is 5.53. The summed E-state index contributed by atoms with van der Waals surface area (Å²) in [6.07, 6.45) is 14.3. The average molecular weight is 1360 g/mol. The Kier molecular flexibility index (Phi) is 20.4. The number of piperazine rings is 2. The van der Waals surface area contributed by atoms with Crippen LogP contribution in [0.4, 0.5) is 29.9 Å². The number of fused-ring (bicyclic) bond motifs is 4. The second-order valence-corrected chi connectivity index (χ2v) is 36.6. The zero-order chi connectivity index (χ0) is 68.0. The van der Waals surface area contributed by atoms with Crippen molar-refractivity contribution in [1.29, 1.82) is 0 Å². The van der Waals surface area contributed by atoms with Crippen molar-refractivity contribution in [2.45, 2.75) is 180 Å². The molecule has 1 spiro atoms. The minimum Gasteiger partial charge on any atom is -0.468 e. The van der Waals surface area contributed by atoms with Crippen molar-refractivity contribution in [3.63, 3.8) is 0 Å². The Morgan fingerprint density at radius 2 is 1.51 bits per heavy atom. The van der Waals surface area contributed by atoms with Crippen LogP contribution in [0.15, 0.2) is 48.7 Å². The Hall–Kier alpha value is -6.70. The topological polar surface area (TPSA) is 175 Å². The van der Waals surface area contributed by atoms with Crippen LogP contribution < -0.4 is 24.6 Å². The van der Waals surface area contributed by atoms with Crippen LogP contribution in [0.25, 0.3) is 32.9 Å². The van der Waals surface area contributed by atoms with E-state index in [1.165, 1.54) is 56.6 Å². The minimum atomic E-state index is -2.36. The molecule has 2 bridgehead atoms. The maximum atomic E-state index is 18.3. The molecule has 2 aromatic heterocycles. The smallest absolute Gasteiger partial charge is 0.410 e. The molecule has 96 heavy (non-hydrogen) atoms. The summed E-state index contributed by atoms with van der Waals surface area (Å²) in [4.78, 5) is 79.3. The number of methoxy groups -OCH3 is 1. The molecule has 5 saturated heterocycles. The number of likely N-dealkylation sites (tertiary alicyclic amines) is 1. The summed E-state index contributed by atoms with van der Waals surface area (Å²) in [5, 5.41) is 4.13. The van der Waals surface area contributed by atoms with E-state index in [0.717, 1.165) is 83.7 Å². The number of piperidine rings is 1. The van der Waals surface area contributed by atoms with E-state index in [-0.39, 0.29) is 83.4 Å². The lowest BCUT2D eigenvalue weighted by Gasteiger charge is -2.46. The average Bonchev–Trinajstić information content (AvgIpc) is 0.874. The number of hydrogen-bond acceptors (Lipinski definition) is 14. The summed E-state index contributed by atoms with van der Waals surface area (Å²) in [7, 11) is -0.828.